The summed E-state index contributed by atoms with van der Waals surface area (Å²) in [5.41, 5.74) is 5.60. The molecule has 9 heteroatoms. The van der Waals surface area contributed by atoms with Crippen LogP contribution in [0, 0.1) is 5.41 Å². The zero-order valence-corrected chi connectivity index (χ0v) is 23.2. The molecule has 0 amide bonds. The largest absolute Gasteiger partial charge is 0.381 e. The fraction of sp³-hybridized carbons (Fsp3) is 0.533. The van der Waals surface area contributed by atoms with E-state index in [1.54, 1.807) is 11.6 Å². The molecule has 39 heavy (non-hydrogen) atoms. The summed E-state index contributed by atoms with van der Waals surface area (Å²) in [6, 6.07) is 10.3. The van der Waals surface area contributed by atoms with Gasteiger partial charge < -0.3 is 14.4 Å². The molecule has 0 N–H and O–H groups in total. The Balaban J connectivity index is 1.19. The summed E-state index contributed by atoms with van der Waals surface area (Å²) in [5.74, 6) is 0. The average Bonchev–Trinajstić information content (AvgIpc) is 3.22. The van der Waals surface area contributed by atoms with Gasteiger partial charge in [-0.1, -0.05) is 26.0 Å². The monoisotopic (exact) mass is 530 g/mol. The van der Waals surface area contributed by atoms with E-state index in [9.17, 15) is 4.79 Å². The number of fused-ring (bicyclic) bond motifs is 3. The minimum Gasteiger partial charge on any atom is -0.381 e. The number of piperidine rings is 1. The van der Waals surface area contributed by atoms with Gasteiger partial charge in [-0.3, -0.25) is 14.1 Å². The van der Waals surface area contributed by atoms with Crippen LogP contribution >= 0.6 is 0 Å². The maximum absolute atomic E-state index is 13.2. The number of nitrogens with zero attached hydrogens (tertiary/aromatic N) is 6. The van der Waals surface area contributed by atoms with E-state index < -0.39 is 0 Å². The quantitative estimate of drug-likeness (QED) is 0.329. The van der Waals surface area contributed by atoms with Crippen molar-refractivity contribution in [1.82, 2.24) is 29.2 Å². The van der Waals surface area contributed by atoms with Gasteiger partial charge in [-0.2, -0.15) is 0 Å². The number of hydrogen-bond donors (Lipinski definition) is 0. The summed E-state index contributed by atoms with van der Waals surface area (Å²) in [6.45, 7) is 10.5. The van der Waals surface area contributed by atoms with Crippen LogP contribution in [-0.2, 0) is 23.1 Å². The van der Waals surface area contributed by atoms with E-state index in [1.807, 2.05) is 29.0 Å². The van der Waals surface area contributed by atoms with E-state index >= 15 is 0 Å². The van der Waals surface area contributed by atoms with Gasteiger partial charge in [0.05, 0.1) is 24.4 Å². The van der Waals surface area contributed by atoms with Crippen molar-refractivity contribution in [2.24, 2.45) is 12.5 Å². The van der Waals surface area contributed by atoms with Crippen LogP contribution in [0.4, 0.5) is 0 Å². The van der Waals surface area contributed by atoms with E-state index in [4.69, 9.17) is 9.47 Å². The van der Waals surface area contributed by atoms with Gasteiger partial charge in [0.1, 0.15) is 5.52 Å². The molecule has 0 aliphatic carbocycles. The first-order valence-electron chi connectivity index (χ1n) is 14.1. The third-order valence-corrected chi connectivity index (χ3v) is 8.49. The lowest BCUT2D eigenvalue weighted by atomic mass is 9.83. The molecule has 2 fully saturated rings. The Bertz CT molecular complexity index is 1510. The maximum atomic E-state index is 13.2. The fourth-order valence-corrected chi connectivity index (χ4v) is 5.79. The molecule has 0 bridgehead atoms. The van der Waals surface area contributed by atoms with Crippen molar-refractivity contribution in [2.75, 3.05) is 39.5 Å². The zero-order valence-electron chi connectivity index (χ0n) is 23.2. The second kappa shape index (κ2) is 10.8. The summed E-state index contributed by atoms with van der Waals surface area (Å²) in [6.07, 6.45) is 6.02. The van der Waals surface area contributed by atoms with Crippen LogP contribution in [0.2, 0.25) is 0 Å². The van der Waals surface area contributed by atoms with Crippen molar-refractivity contribution in [3.05, 3.63) is 52.7 Å². The molecule has 5 heterocycles. The molecule has 2 aliphatic heterocycles. The van der Waals surface area contributed by atoms with Crippen LogP contribution < -0.4 is 5.69 Å². The normalized spacial score (nSPS) is 18.7. The SMILES string of the molecule is Cn1c(=O)n(C2CCOCC2)c2c3cc(-c4ccc(COCCN5CCC(C)(C)CC5)nc4)ccc3nnc21. The molecule has 0 unspecified atom stereocenters. The molecular weight excluding hydrogens is 492 g/mol. The van der Waals surface area contributed by atoms with Gasteiger partial charge >= 0.3 is 5.69 Å². The predicted molar refractivity (Wildman–Crippen MR) is 152 cm³/mol. The van der Waals surface area contributed by atoms with E-state index in [0.717, 1.165) is 72.3 Å². The summed E-state index contributed by atoms with van der Waals surface area (Å²) in [4.78, 5) is 20.4. The number of likely N-dealkylation sites (tertiary alicyclic amines) is 1. The standard InChI is InChI=1S/C30H38N6O3/c1-30(2)10-12-35(13-11-30)14-17-39-20-23-6-4-22(19-31-23)21-5-7-26-25(18-21)27-28(33-32-26)34(3)29(37)36(27)24-8-15-38-16-9-24/h4-7,18-19,24H,8-17,20H2,1-3H3. The highest BCUT2D eigenvalue weighted by Gasteiger charge is 2.26. The Labute approximate surface area is 228 Å². The highest BCUT2D eigenvalue weighted by Crippen LogP contribution is 2.31. The van der Waals surface area contributed by atoms with Crippen molar-refractivity contribution in [3.63, 3.8) is 0 Å². The lowest BCUT2D eigenvalue weighted by Crippen LogP contribution is -2.39. The smallest absolute Gasteiger partial charge is 0.330 e. The molecule has 0 saturated carbocycles. The molecule has 0 spiro atoms. The van der Waals surface area contributed by atoms with Gasteiger partial charge in [0.25, 0.3) is 0 Å². The topological polar surface area (TPSA) is 87.3 Å². The number of benzene rings is 1. The van der Waals surface area contributed by atoms with Gasteiger partial charge in [-0.05, 0) is 68.0 Å². The second-order valence-corrected chi connectivity index (χ2v) is 11.8. The van der Waals surface area contributed by atoms with E-state index in [-0.39, 0.29) is 11.7 Å². The molecule has 3 aromatic heterocycles. The lowest BCUT2D eigenvalue weighted by Gasteiger charge is -2.36. The van der Waals surface area contributed by atoms with E-state index in [2.05, 4.69) is 46.1 Å². The Hall–Kier alpha value is -3.14. The van der Waals surface area contributed by atoms with Crippen LogP contribution in [-0.4, -0.2) is 68.7 Å². The molecule has 0 radical (unpaired) electrons. The first kappa shape index (κ1) is 26.1. The first-order valence-corrected chi connectivity index (χ1v) is 14.1. The van der Waals surface area contributed by atoms with Gasteiger partial charge in [0.15, 0.2) is 5.65 Å². The minimum absolute atomic E-state index is 0.0563. The summed E-state index contributed by atoms with van der Waals surface area (Å²) in [5, 5.41) is 9.75. The van der Waals surface area contributed by atoms with Crippen LogP contribution in [0.5, 0.6) is 0 Å². The fourth-order valence-electron chi connectivity index (χ4n) is 5.79. The molecule has 0 atom stereocenters. The van der Waals surface area contributed by atoms with Crippen molar-refractivity contribution >= 4 is 22.1 Å². The summed E-state index contributed by atoms with van der Waals surface area (Å²) < 4.78 is 15.0. The van der Waals surface area contributed by atoms with Crippen molar-refractivity contribution < 1.29 is 9.47 Å². The Morgan fingerprint density at radius 2 is 1.82 bits per heavy atom. The number of aromatic nitrogens is 5. The molecular formula is C30H38N6O3. The zero-order chi connectivity index (χ0) is 27.0. The maximum Gasteiger partial charge on any atom is 0.330 e. The Morgan fingerprint density at radius 3 is 2.56 bits per heavy atom. The minimum atomic E-state index is -0.0563. The molecule has 6 rings (SSSR count). The number of aryl methyl sites for hydroxylation is 1. The van der Waals surface area contributed by atoms with Gasteiger partial charge in [0.2, 0.25) is 0 Å². The first-order chi connectivity index (χ1) is 18.9. The summed E-state index contributed by atoms with van der Waals surface area (Å²) >= 11 is 0. The van der Waals surface area contributed by atoms with Crippen LogP contribution in [0.3, 0.4) is 0 Å². The van der Waals surface area contributed by atoms with E-state index in [1.165, 1.54) is 12.8 Å². The van der Waals surface area contributed by atoms with Crippen molar-refractivity contribution in [2.45, 2.75) is 52.2 Å². The predicted octanol–water partition coefficient (Wildman–Crippen LogP) is 4.34. The molecule has 2 saturated heterocycles. The molecule has 4 aromatic rings. The van der Waals surface area contributed by atoms with Crippen LogP contribution in [0.25, 0.3) is 33.2 Å². The number of imidazole rings is 1. The average molecular weight is 531 g/mol. The van der Waals surface area contributed by atoms with Gasteiger partial charge in [-0.15, -0.1) is 10.2 Å². The summed E-state index contributed by atoms with van der Waals surface area (Å²) in [7, 11) is 1.77. The number of ether oxygens (including phenoxy) is 2. The number of rotatable bonds is 7. The van der Waals surface area contributed by atoms with Gasteiger partial charge in [-0.25, -0.2) is 4.79 Å². The third-order valence-electron chi connectivity index (χ3n) is 8.49. The molecule has 206 valence electrons. The van der Waals surface area contributed by atoms with E-state index in [0.29, 0.717) is 30.9 Å². The Morgan fingerprint density at radius 1 is 1.05 bits per heavy atom. The van der Waals surface area contributed by atoms with Crippen molar-refractivity contribution in [1.29, 1.82) is 0 Å². The number of pyridine rings is 1. The third kappa shape index (κ3) is 5.35. The molecule has 9 nitrogen and oxygen atoms in total. The Kier molecular flexibility index (Phi) is 7.22. The highest BCUT2D eigenvalue weighted by atomic mass is 16.5. The van der Waals surface area contributed by atoms with Crippen molar-refractivity contribution in [3.8, 4) is 11.1 Å². The van der Waals surface area contributed by atoms with Crippen LogP contribution in [0.1, 0.15) is 51.3 Å². The van der Waals surface area contributed by atoms with Crippen LogP contribution in [0.15, 0.2) is 41.3 Å². The molecule has 1 aromatic carbocycles. The lowest BCUT2D eigenvalue weighted by molar-refractivity contribution is 0.0656. The highest BCUT2D eigenvalue weighted by molar-refractivity contribution is 6.02. The second-order valence-electron chi connectivity index (χ2n) is 11.8. The van der Waals surface area contributed by atoms with Gasteiger partial charge in [0, 0.05) is 50.0 Å². The molecule has 2 aliphatic rings. The number of hydrogen-bond acceptors (Lipinski definition) is 7.